The van der Waals surface area contributed by atoms with Gasteiger partial charge in [-0.1, -0.05) is 18.2 Å². The molecule has 25 heavy (non-hydrogen) atoms. The van der Waals surface area contributed by atoms with Gasteiger partial charge in [-0.25, -0.2) is 0 Å². The van der Waals surface area contributed by atoms with Crippen LogP contribution in [-0.4, -0.2) is 30.7 Å². The molecule has 1 aliphatic heterocycles. The fraction of sp³-hybridized carbons (Fsp3) is 0.400. The Morgan fingerprint density at radius 1 is 1.28 bits per heavy atom. The maximum Gasteiger partial charge on any atom is 0.255 e. The normalized spacial score (nSPS) is 16.2. The summed E-state index contributed by atoms with van der Waals surface area (Å²) in [7, 11) is 0. The number of rotatable bonds is 6. The molecule has 0 spiro atoms. The molecule has 1 unspecified atom stereocenters. The molecule has 1 fully saturated rings. The van der Waals surface area contributed by atoms with Crippen molar-refractivity contribution in [1.82, 2.24) is 10.3 Å². The zero-order chi connectivity index (χ0) is 17.5. The second-order valence-corrected chi connectivity index (χ2v) is 6.12. The molecule has 5 heteroatoms. The highest BCUT2D eigenvalue weighted by molar-refractivity contribution is 5.97. The first-order chi connectivity index (χ1) is 12.3. The molecule has 0 bridgehead atoms. The van der Waals surface area contributed by atoms with Gasteiger partial charge in [0.25, 0.3) is 5.91 Å². The summed E-state index contributed by atoms with van der Waals surface area (Å²) in [5, 5.41) is 3.20. The van der Waals surface area contributed by atoms with Crippen LogP contribution in [0.4, 0.5) is 0 Å². The topological polar surface area (TPSA) is 60.5 Å². The Labute approximate surface area is 148 Å². The van der Waals surface area contributed by atoms with Crippen LogP contribution >= 0.6 is 0 Å². The average molecular weight is 340 g/mol. The minimum atomic E-state index is -0.121. The molecule has 1 atom stereocenters. The van der Waals surface area contributed by atoms with Crippen LogP contribution in [-0.2, 0) is 4.74 Å². The van der Waals surface area contributed by atoms with E-state index in [9.17, 15) is 4.79 Å². The SMILES string of the molecule is CCOc1ccccc1C(=O)NC(c1cccnc1)C1CCOCC1. The lowest BCUT2D eigenvalue weighted by Crippen LogP contribution is -2.36. The second-order valence-electron chi connectivity index (χ2n) is 6.12. The highest BCUT2D eigenvalue weighted by Crippen LogP contribution is 2.30. The zero-order valence-electron chi connectivity index (χ0n) is 14.5. The van der Waals surface area contributed by atoms with Gasteiger partial charge in [0.15, 0.2) is 0 Å². The lowest BCUT2D eigenvalue weighted by molar-refractivity contribution is 0.0513. The van der Waals surface area contributed by atoms with E-state index in [4.69, 9.17) is 9.47 Å². The van der Waals surface area contributed by atoms with Crippen LogP contribution in [0.5, 0.6) is 5.75 Å². The van der Waals surface area contributed by atoms with Crippen LogP contribution in [0, 0.1) is 5.92 Å². The van der Waals surface area contributed by atoms with Crippen molar-refractivity contribution in [3.05, 3.63) is 59.9 Å². The Hall–Kier alpha value is -2.40. The largest absolute Gasteiger partial charge is 0.493 e. The fourth-order valence-electron chi connectivity index (χ4n) is 3.24. The number of para-hydroxylation sites is 1. The molecular formula is C20H24N2O3. The van der Waals surface area contributed by atoms with Crippen LogP contribution in [0.15, 0.2) is 48.8 Å². The fourth-order valence-corrected chi connectivity index (χ4v) is 3.24. The summed E-state index contributed by atoms with van der Waals surface area (Å²) in [5.74, 6) is 0.824. The lowest BCUT2D eigenvalue weighted by Gasteiger charge is -2.31. The number of benzene rings is 1. The van der Waals surface area contributed by atoms with Crippen molar-refractivity contribution in [2.24, 2.45) is 5.92 Å². The van der Waals surface area contributed by atoms with Crippen LogP contribution in [0.3, 0.4) is 0 Å². The summed E-state index contributed by atoms with van der Waals surface area (Å²) in [6.45, 7) is 3.89. The third-order valence-corrected chi connectivity index (χ3v) is 4.50. The van der Waals surface area contributed by atoms with Crippen molar-refractivity contribution < 1.29 is 14.3 Å². The number of pyridine rings is 1. The summed E-state index contributed by atoms with van der Waals surface area (Å²) in [4.78, 5) is 17.1. The quantitative estimate of drug-likeness (QED) is 0.876. The first-order valence-corrected chi connectivity index (χ1v) is 8.80. The van der Waals surface area contributed by atoms with E-state index in [0.717, 1.165) is 31.6 Å². The maximum absolute atomic E-state index is 12.9. The molecular weight excluding hydrogens is 316 g/mol. The minimum Gasteiger partial charge on any atom is -0.493 e. The van der Waals surface area contributed by atoms with E-state index >= 15 is 0 Å². The first kappa shape index (κ1) is 17.4. The van der Waals surface area contributed by atoms with Gasteiger partial charge in [-0.05, 0) is 49.4 Å². The van der Waals surface area contributed by atoms with Gasteiger partial charge in [0.05, 0.1) is 18.2 Å². The Balaban J connectivity index is 1.83. The minimum absolute atomic E-state index is 0.0835. The lowest BCUT2D eigenvalue weighted by atomic mass is 9.87. The van der Waals surface area contributed by atoms with E-state index in [2.05, 4.69) is 10.3 Å². The zero-order valence-corrected chi connectivity index (χ0v) is 14.5. The number of amides is 1. The Kier molecular flexibility index (Phi) is 6.01. The molecule has 1 amide bonds. The van der Waals surface area contributed by atoms with E-state index in [-0.39, 0.29) is 11.9 Å². The summed E-state index contributed by atoms with van der Waals surface area (Å²) in [6, 6.07) is 11.2. The van der Waals surface area contributed by atoms with Gasteiger partial charge in [0.2, 0.25) is 0 Å². The van der Waals surface area contributed by atoms with Crippen molar-refractivity contribution in [2.75, 3.05) is 19.8 Å². The van der Waals surface area contributed by atoms with E-state index in [1.165, 1.54) is 0 Å². The van der Waals surface area contributed by atoms with Gasteiger partial charge in [-0.15, -0.1) is 0 Å². The van der Waals surface area contributed by atoms with Crippen molar-refractivity contribution in [1.29, 1.82) is 0 Å². The van der Waals surface area contributed by atoms with Crippen LogP contribution < -0.4 is 10.1 Å². The molecule has 132 valence electrons. The van der Waals surface area contributed by atoms with Gasteiger partial charge >= 0.3 is 0 Å². The third-order valence-electron chi connectivity index (χ3n) is 4.50. The van der Waals surface area contributed by atoms with Gasteiger partial charge in [0.1, 0.15) is 5.75 Å². The number of hydrogen-bond acceptors (Lipinski definition) is 4. The predicted octanol–water partition coefficient (Wildman–Crippen LogP) is 3.38. The number of ether oxygens (including phenoxy) is 2. The molecule has 5 nitrogen and oxygen atoms in total. The molecule has 1 aromatic carbocycles. The van der Waals surface area contributed by atoms with Gasteiger partial charge in [-0.3, -0.25) is 9.78 Å². The molecule has 1 aromatic heterocycles. The molecule has 3 rings (SSSR count). The van der Waals surface area contributed by atoms with Crippen LogP contribution in [0.1, 0.15) is 41.7 Å². The van der Waals surface area contributed by atoms with E-state index in [1.54, 1.807) is 12.3 Å². The van der Waals surface area contributed by atoms with Gasteiger partial charge < -0.3 is 14.8 Å². The van der Waals surface area contributed by atoms with E-state index < -0.39 is 0 Å². The van der Waals surface area contributed by atoms with Gasteiger partial charge in [0, 0.05) is 25.6 Å². The molecule has 1 saturated heterocycles. The van der Waals surface area contributed by atoms with Crippen molar-refractivity contribution in [2.45, 2.75) is 25.8 Å². The van der Waals surface area contributed by atoms with Crippen LogP contribution in [0.25, 0.3) is 0 Å². The van der Waals surface area contributed by atoms with Crippen molar-refractivity contribution in [3.8, 4) is 5.75 Å². The Morgan fingerprint density at radius 3 is 2.80 bits per heavy atom. The molecule has 1 aliphatic rings. The third kappa shape index (κ3) is 4.37. The number of carbonyl (C=O) groups is 1. The van der Waals surface area contributed by atoms with E-state index in [0.29, 0.717) is 23.8 Å². The highest BCUT2D eigenvalue weighted by atomic mass is 16.5. The molecule has 2 heterocycles. The summed E-state index contributed by atoms with van der Waals surface area (Å²) in [5.41, 5.74) is 1.59. The summed E-state index contributed by atoms with van der Waals surface area (Å²) in [6.07, 6.45) is 5.42. The smallest absolute Gasteiger partial charge is 0.255 e. The molecule has 2 aromatic rings. The first-order valence-electron chi connectivity index (χ1n) is 8.80. The monoisotopic (exact) mass is 340 g/mol. The molecule has 0 saturated carbocycles. The number of nitrogens with zero attached hydrogens (tertiary/aromatic N) is 1. The Bertz CT molecular complexity index is 684. The maximum atomic E-state index is 12.9. The highest BCUT2D eigenvalue weighted by Gasteiger charge is 2.28. The number of nitrogens with one attached hydrogen (secondary N) is 1. The van der Waals surface area contributed by atoms with E-state index in [1.807, 2.05) is 43.5 Å². The molecule has 0 radical (unpaired) electrons. The number of carbonyl (C=O) groups excluding carboxylic acids is 1. The van der Waals surface area contributed by atoms with Gasteiger partial charge in [-0.2, -0.15) is 0 Å². The summed E-state index contributed by atoms with van der Waals surface area (Å²) < 4.78 is 11.1. The predicted molar refractivity (Wildman–Crippen MR) is 95.6 cm³/mol. The average Bonchev–Trinajstić information content (AvgIpc) is 2.68. The van der Waals surface area contributed by atoms with Crippen molar-refractivity contribution in [3.63, 3.8) is 0 Å². The standard InChI is InChI=1S/C20H24N2O3/c1-2-25-18-8-4-3-7-17(18)20(23)22-19(15-9-12-24-13-10-15)16-6-5-11-21-14-16/h3-8,11,14-15,19H,2,9-10,12-13H2,1H3,(H,22,23). The second kappa shape index (κ2) is 8.62. The summed E-state index contributed by atoms with van der Waals surface area (Å²) >= 11 is 0. The Morgan fingerprint density at radius 2 is 2.08 bits per heavy atom. The molecule has 0 aliphatic carbocycles. The van der Waals surface area contributed by atoms with Crippen LogP contribution in [0.2, 0.25) is 0 Å². The molecule has 1 N–H and O–H groups in total. The van der Waals surface area contributed by atoms with Crippen molar-refractivity contribution >= 4 is 5.91 Å². The number of hydrogen-bond donors (Lipinski definition) is 1. The number of aromatic nitrogens is 1.